The highest BCUT2D eigenvalue weighted by Crippen LogP contribution is 2.31. The van der Waals surface area contributed by atoms with Crippen LogP contribution in [0.4, 0.5) is 4.79 Å². The first-order chi connectivity index (χ1) is 10.8. The molecule has 1 heterocycles. The Morgan fingerprint density at radius 2 is 1.96 bits per heavy atom. The van der Waals surface area contributed by atoms with Crippen LogP contribution in [-0.2, 0) is 4.74 Å². The first-order valence-electron chi connectivity index (χ1n) is 8.52. The van der Waals surface area contributed by atoms with Crippen molar-refractivity contribution in [1.82, 2.24) is 4.90 Å². The lowest BCUT2D eigenvalue weighted by atomic mass is 9.91. The number of ether oxygens (including phenoxy) is 1. The van der Waals surface area contributed by atoms with Crippen LogP contribution in [-0.4, -0.2) is 33.8 Å². The summed E-state index contributed by atoms with van der Waals surface area (Å²) in [5, 5.41) is 10.5. The lowest BCUT2D eigenvalue weighted by molar-refractivity contribution is -0.0112. The van der Waals surface area contributed by atoms with Crippen molar-refractivity contribution in [3.8, 4) is 0 Å². The lowest BCUT2D eigenvalue weighted by Crippen LogP contribution is -2.51. The number of aliphatic hydroxyl groups excluding tert-OH is 1. The van der Waals surface area contributed by atoms with Gasteiger partial charge in [0, 0.05) is 12.1 Å². The zero-order valence-electron chi connectivity index (χ0n) is 14.7. The summed E-state index contributed by atoms with van der Waals surface area (Å²) in [6.45, 7) is 7.71. The van der Waals surface area contributed by atoms with E-state index in [1.54, 1.807) is 0 Å². The van der Waals surface area contributed by atoms with Crippen LogP contribution in [0.15, 0.2) is 30.3 Å². The van der Waals surface area contributed by atoms with E-state index < -0.39 is 11.7 Å². The molecule has 0 bridgehead atoms. The van der Waals surface area contributed by atoms with Gasteiger partial charge in [-0.1, -0.05) is 30.3 Å². The minimum absolute atomic E-state index is 0.0174. The maximum atomic E-state index is 12.6. The first-order valence-corrected chi connectivity index (χ1v) is 8.52. The first kappa shape index (κ1) is 17.8. The molecular formula is C19H29NO3. The molecular weight excluding hydrogens is 290 g/mol. The summed E-state index contributed by atoms with van der Waals surface area (Å²) in [6, 6.07) is 9.80. The highest BCUT2D eigenvalue weighted by Gasteiger charge is 2.35. The third-order valence-electron chi connectivity index (χ3n) is 4.31. The maximum Gasteiger partial charge on any atom is 0.410 e. The van der Waals surface area contributed by atoms with Crippen molar-refractivity contribution in [3.05, 3.63) is 35.9 Å². The van der Waals surface area contributed by atoms with Crippen molar-refractivity contribution in [2.75, 3.05) is 0 Å². The van der Waals surface area contributed by atoms with Crippen LogP contribution in [0.1, 0.15) is 65.0 Å². The number of nitrogens with zero attached hydrogens (tertiary/aromatic N) is 1. The molecule has 1 aromatic carbocycles. The number of amides is 1. The Balaban J connectivity index is 2.09. The van der Waals surface area contributed by atoms with Crippen LogP contribution < -0.4 is 0 Å². The van der Waals surface area contributed by atoms with Gasteiger partial charge in [-0.2, -0.15) is 0 Å². The number of likely N-dealkylation sites (tertiary alicyclic amines) is 1. The van der Waals surface area contributed by atoms with Crippen LogP contribution in [0, 0.1) is 0 Å². The molecule has 0 aromatic heterocycles. The van der Waals surface area contributed by atoms with Crippen LogP contribution in [0.3, 0.4) is 0 Å². The van der Waals surface area contributed by atoms with Crippen molar-refractivity contribution in [3.63, 3.8) is 0 Å². The van der Waals surface area contributed by atoms with Gasteiger partial charge in [-0.25, -0.2) is 4.79 Å². The van der Waals surface area contributed by atoms with Gasteiger partial charge in [0.2, 0.25) is 0 Å². The molecule has 23 heavy (non-hydrogen) atoms. The molecule has 2 rings (SSSR count). The van der Waals surface area contributed by atoms with E-state index in [9.17, 15) is 9.90 Å². The van der Waals surface area contributed by atoms with E-state index in [0.717, 1.165) is 24.8 Å². The Morgan fingerprint density at radius 1 is 1.30 bits per heavy atom. The Labute approximate surface area is 139 Å². The normalized spacial score (nSPS) is 23.4. The number of benzene rings is 1. The Morgan fingerprint density at radius 3 is 2.57 bits per heavy atom. The van der Waals surface area contributed by atoms with E-state index in [0.29, 0.717) is 6.42 Å². The van der Waals surface area contributed by atoms with Gasteiger partial charge in [0.1, 0.15) is 5.60 Å². The predicted octanol–water partition coefficient (Wildman–Crippen LogP) is 4.29. The highest BCUT2D eigenvalue weighted by molar-refractivity contribution is 5.69. The van der Waals surface area contributed by atoms with E-state index in [2.05, 4.69) is 6.92 Å². The maximum absolute atomic E-state index is 12.6. The van der Waals surface area contributed by atoms with E-state index in [-0.39, 0.29) is 18.2 Å². The predicted molar refractivity (Wildman–Crippen MR) is 91.2 cm³/mol. The summed E-state index contributed by atoms with van der Waals surface area (Å²) in [7, 11) is 0. The second kappa shape index (κ2) is 7.35. The SMILES string of the molecule is C[C@H]1CCC[C@H](C[C@@H](O)c2ccccc2)N1C(=O)OC(C)(C)C. The molecule has 0 radical (unpaired) electrons. The molecule has 128 valence electrons. The number of hydrogen-bond donors (Lipinski definition) is 1. The van der Waals surface area contributed by atoms with Crippen LogP contribution in [0.5, 0.6) is 0 Å². The molecule has 0 aliphatic carbocycles. The quantitative estimate of drug-likeness (QED) is 0.904. The summed E-state index contributed by atoms with van der Waals surface area (Å²) in [6.07, 6.45) is 2.69. The van der Waals surface area contributed by atoms with E-state index >= 15 is 0 Å². The standard InChI is InChI=1S/C19H29NO3/c1-14-9-8-12-16(20(14)18(22)23-19(2,3)4)13-17(21)15-10-6-5-7-11-15/h5-7,10-11,14,16-17,21H,8-9,12-13H2,1-4H3/t14-,16+,17+/m0/s1. The average molecular weight is 319 g/mol. The fourth-order valence-electron chi connectivity index (χ4n) is 3.23. The Hall–Kier alpha value is -1.55. The van der Waals surface area contributed by atoms with Crippen molar-refractivity contribution in [1.29, 1.82) is 0 Å². The molecule has 0 unspecified atom stereocenters. The van der Waals surface area contributed by atoms with Gasteiger partial charge in [0.15, 0.2) is 0 Å². The van der Waals surface area contributed by atoms with Gasteiger partial charge in [-0.05, 0) is 58.9 Å². The van der Waals surface area contributed by atoms with Gasteiger partial charge in [-0.3, -0.25) is 0 Å². The summed E-state index contributed by atoms with van der Waals surface area (Å²) in [5.74, 6) is 0. The van der Waals surface area contributed by atoms with Gasteiger partial charge >= 0.3 is 6.09 Å². The monoisotopic (exact) mass is 319 g/mol. The zero-order chi connectivity index (χ0) is 17.0. The second-order valence-electron chi connectivity index (χ2n) is 7.48. The summed E-state index contributed by atoms with van der Waals surface area (Å²) >= 11 is 0. The second-order valence-corrected chi connectivity index (χ2v) is 7.48. The largest absolute Gasteiger partial charge is 0.444 e. The van der Waals surface area contributed by atoms with Gasteiger partial charge < -0.3 is 14.7 Å². The minimum Gasteiger partial charge on any atom is -0.444 e. The molecule has 1 amide bonds. The topological polar surface area (TPSA) is 49.8 Å². The number of hydrogen-bond acceptors (Lipinski definition) is 3. The van der Waals surface area contributed by atoms with Gasteiger partial charge in [0.05, 0.1) is 6.10 Å². The van der Waals surface area contributed by atoms with Crippen molar-refractivity contribution in [2.24, 2.45) is 0 Å². The summed E-state index contributed by atoms with van der Waals surface area (Å²) in [4.78, 5) is 14.4. The molecule has 4 heteroatoms. The molecule has 0 spiro atoms. The van der Waals surface area contributed by atoms with Crippen molar-refractivity contribution in [2.45, 2.75) is 77.2 Å². The molecule has 1 saturated heterocycles. The number of carbonyl (C=O) groups is 1. The number of carbonyl (C=O) groups excluding carboxylic acids is 1. The molecule has 1 fully saturated rings. The van der Waals surface area contributed by atoms with Crippen LogP contribution >= 0.6 is 0 Å². The van der Waals surface area contributed by atoms with Crippen molar-refractivity contribution < 1.29 is 14.6 Å². The molecule has 1 aliphatic heterocycles. The number of piperidine rings is 1. The summed E-state index contributed by atoms with van der Waals surface area (Å²) < 4.78 is 5.57. The fourth-order valence-corrected chi connectivity index (χ4v) is 3.23. The average Bonchev–Trinajstić information content (AvgIpc) is 2.46. The number of rotatable bonds is 3. The third kappa shape index (κ3) is 4.96. The molecule has 4 nitrogen and oxygen atoms in total. The van der Waals surface area contributed by atoms with Gasteiger partial charge in [0.25, 0.3) is 0 Å². The van der Waals surface area contributed by atoms with Crippen molar-refractivity contribution >= 4 is 6.09 Å². The Kier molecular flexibility index (Phi) is 5.69. The van der Waals surface area contributed by atoms with Gasteiger partial charge in [-0.15, -0.1) is 0 Å². The fraction of sp³-hybridized carbons (Fsp3) is 0.632. The number of aliphatic hydroxyl groups is 1. The van der Waals surface area contributed by atoms with E-state index in [4.69, 9.17) is 4.74 Å². The highest BCUT2D eigenvalue weighted by atomic mass is 16.6. The molecule has 1 aromatic rings. The van der Waals surface area contributed by atoms with Crippen LogP contribution in [0.2, 0.25) is 0 Å². The molecule has 1 aliphatic rings. The lowest BCUT2D eigenvalue weighted by Gasteiger charge is -2.41. The third-order valence-corrected chi connectivity index (χ3v) is 4.31. The Bertz CT molecular complexity index is 509. The van der Waals surface area contributed by atoms with Crippen LogP contribution in [0.25, 0.3) is 0 Å². The molecule has 3 atom stereocenters. The summed E-state index contributed by atoms with van der Waals surface area (Å²) in [5.41, 5.74) is 0.395. The van der Waals surface area contributed by atoms with E-state index in [1.807, 2.05) is 56.0 Å². The van der Waals surface area contributed by atoms with E-state index in [1.165, 1.54) is 0 Å². The molecule has 0 saturated carbocycles. The zero-order valence-corrected chi connectivity index (χ0v) is 14.7. The minimum atomic E-state index is -0.559. The smallest absolute Gasteiger partial charge is 0.410 e. The molecule has 1 N–H and O–H groups in total.